The van der Waals surface area contributed by atoms with E-state index >= 15 is 0 Å². The molecule has 1 N–H and O–H groups in total. The van der Waals surface area contributed by atoms with Crippen molar-refractivity contribution in [1.29, 1.82) is 0 Å². The number of benzene rings is 1. The van der Waals surface area contributed by atoms with Gasteiger partial charge in [0, 0.05) is 19.2 Å². The maximum Gasteiger partial charge on any atom is 0.308 e. The molecule has 1 unspecified atom stereocenters. The van der Waals surface area contributed by atoms with E-state index in [9.17, 15) is 4.79 Å². The van der Waals surface area contributed by atoms with Gasteiger partial charge in [-0.2, -0.15) is 0 Å². The molecular formula is C13H17NO3S. The van der Waals surface area contributed by atoms with Crippen molar-refractivity contribution in [2.24, 2.45) is 0 Å². The summed E-state index contributed by atoms with van der Waals surface area (Å²) >= 11 is 1.87. The predicted molar refractivity (Wildman–Crippen MR) is 72.1 cm³/mol. The summed E-state index contributed by atoms with van der Waals surface area (Å²) in [6.45, 7) is 4.86. The average Bonchev–Trinajstić information content (AvgIpc) is 2.84. The number of nitrogens with one attached hydrogen (secondary N) is 1. The number of hydrogen-bond acceptors (Lipinski definition) is 5. The minimum absolute atomic E-state index is 0.301. The fourth-order valence-electron chi connectivity index (χ4n) is 1.84. The molecule has 4 nitrogen and oxygen atoms in total. The van der Waals surface area contributed by atoms with Gasteiger partial charge in [0.2, 0.25) is 0 Å². The smallest absolute Gasteiger partial charge is 0.308 e. The molecule has 1 saturated heterocycles. The first-order valence-corrected chi connectivity index (χ1v) is 7.05. The highest BCUT2D eigenvalue weighted by atomic mass is 32.2. The Labute approximate surface area is 111 Å². The first kappa shape index (κ1) is 13.2. The zero-order valence-electron chi connectivity index (χ0n) is 10.6. The second-order valence-corrected chi connectivity index (χ2v) is 5.15. The van der Waals surface area contributed by atoms with Crippen LogP contribution >= 0.6 is 11.8 Å². The van der Waals surface area contributed by atoms with Gasteiger partial charge in [-0.1, -0.05) is 6.07 Å². The minimum Gasteiger partial charge on any atom is -0.490 e. The van der Waals surface area contributed by atoms with Crippen molar-refractivity contribution in [2.75, 3.05) is 18.9 Å². The summed E-state index contributed by atoms with van der Waals surface area (Å²) in [4.78, 5) is 11.0. The van der Waals surface area contributed by atoms with Crippen molar-refractivity contribution in [1.82, 2.24) is 5.32 Å². The van der Waals surface area contributed by atoms with Crippen molar-refractivity contribution >= 4 is 17.7 Å². The lowest BCUT2D eigenvalue weighted by Gasteiger charge is -2.14. The van der Waals surface area contributed by atoms with E-state index in [-0.39, 0.29) is 5.97 Å². The third kappa shape index (κ3) is 3.17. The molecule has 0 spiro atoms. The molecular weight excluding hydrogens is 250 g/mol. The van der Waals surface area contributed by atoms with Gasteiger partial charge in [0.05, 0.1) is 12.0 Å². The van der Waals surface area contributed by atoms with Crippen LogP contribution in [0.5, 0.6) is 11.5 Å². The summed E-state index contributed by atoms with van der Waals surface area (Å²) in [6.07, 6.45) is 0. The Hall–Kier alpha value is -1.20. The van der Waals surface area contributed by atoms with Gasteiger partial charge in [0.25, 0.3) is 0 Å². The molecule has 0 bridgehead atoms. The molecule has 5 heteroatoms. The molecule has 1 atom stereocenters. The fraction of sp³-hybridized carbons (Fsp3) is 0.462. The van der Waals surface area contributed by atoms with E-state index < -0.39 is 0 Å². The highest BCUT2D eigenvalue weighted by molar-refractivity contribution is 7.99. The van der Waals surface area contributed by atoms with Gasteiger partial charge in [-0.3, -0.25) is 4.79 Å². The van der Waals surface area contributed by atoms with Gasteiger partial charge in [0.15, 0.2) is 11.5 Å². The summed E-state index contributed by atoms with van der Waals surface area (Å²) in [5.74, 6) is 1.88. The molecule has 1 fully saturated rings. The molecule has 1 heterocycles. The molecule has 98 valence electrons. The number of thioether (sulfide) groups is 1. The topological polar surface area (TPSA) is 47.6 Å². The third-order valence-electron chi connectivity index (χ3n) is 2.54. The van der Waals surface area contributed by atoms with Crippen LogP contribution in [0.25, 0.3) is 0 Å². The quantitative estimate of drug-likeness (QED) is 0.670. The highest BCUT2D eigenvalue weighted by Crippen LogP contribution is 2.36. The monoisotopic (exact) mass is 267 g/mol. The standard InChI is InChI=1S/C13H17NO3S/c1-3-16-12-8-10(13-14-6-7-18-13)4-5-11(12)17-9(2)15/h4-5,8,13-14H,3,6-7H2,1-2H3. The molecule has 0 radical (unpaired) electrons. The normalized spacial score (nSPS) is 18.7. The number of esters is 1. The summed E-state index contributed by atoms with van der Waals surface area (Å²) in [5.41, 5.74) is 1.15. The molecule has 2 rings (SSSR count). The number of ether oxygens (including phenoxy) is 2. The predicted octanol–water partition coefficient (Wildman–Crippen LogP) is 2.35. The van der Waals surface area contributed by atoms with Gasteiger partial charge in [-0.25, -0.2) is 0 Å². The molecule has 0 amide bonds. The molecule has 1 aliphatic heterocycles. The summed E-state index contributed by atoms with van der Waals surface area (Å²) in [6, 6.07) is 5.71. The zero-order chi connectivity index (χ0) is 13.0. The molecule has 1 aliphatic rings. The maximum absolute atomic E-state index is 11.0. The lowest BCUT2D eigenvalue weighted by atomic mass is 10.2. The van der Waals surface area contributed by atoms with E-state index in [1.165, 1.54) is 6.92 Å². The Morgan fingerprint density at radius 1 is 1.50 bits per heavy atom. The van der Waals surface area contributed by atoms with Crippen LogP contribution in [0.4, 0.5) is 0 Å². The van der Waals surface area contributed by atoms with Crippen LogP contribution in [0.1, 0.15) is 24.8 Å². The van der Waals surface area contributed by atoms with Crippen LogP contribution in [0, 0.1) is 0 Å². The van der Waals surface area contributed by atoms with E-state index in [1.807, 2.05) is 30.8 Å². The van der Waals surface area contributed by atoms with Crippen LogP contribution in [-0.2, 0) is 4.79 Å². The number of carbonyl (C=O) groups is 1. The van der Waals surface area contributed by atoms with E-state index in [0.29, 0.717) is 23.5 Å². The Morgan fingerprint density at radius 2 is 2.33 bits per heavy atom. The number of carbonyl (C=O) groups excluding carboxylic acids is 1. The van der Waals surface area contributed by atoms with E-state index in [1.54, 1.807) is 6.07 Å². The van der Waals surface area contributed by atoms with Gasteiger partial charge >= 0.3 is 5.97 Å². The number of rotatable bonds is 4. The van der Waals surface area contributed by atoms with Gasteiger partial charge in [0.1, 0.15) is 0 Å². The van der Waals surface area contributed by atoms with Gasteiger partial charge in [-0.15, -0.1) is 11.8 Å². The Bertz CT molecular complexity index is 430. The van der Waals surface area contributed by atoms with Crippen LogP contribution in [0.15, 0.2) is 18.2 Å². The van der Waals surface area contributed by atoms with Crippen molar-refractivity contribution in [3.05, 3.63) is 23.8 Å². The summed E-state index contributed by atoms with van der Waals surface area (Å²) in [7, 11) is 0. The maximum atomic E-state index is 11.0. The Balaban J connectivity index is 2.23. The number of hydrogen-bond donors (Lipinski definition) is 1. The first-order valence-electron chi connectivity index (χ1n) is 6.01. The minimum atomic E-state index is -0.336. The average molecular weight is 267 g/mol. The van der Waals surface area contributed by atoms with E-state index in [4.69, 9.17) is 9.47 Å². The van der Waals surface area contributed by atoms with Crippen LogP contribution in [0.2, 0.25) is 0 Å². The molecule has 1 aromatic carbocycles. The summed E-state index contributed by atoms with van der Waals surface area (Å²) in [5, 5.41) is 3.70. The fourth-order valence-corrected chi connectivity index (χ4v) is 2.88. The van der Waals surface area contributed by atoms with E-state index in [2.05, 4.69) is 5.32 Å². The van der Waals surface area contributed by atoms with Crippen LogP contribution in [-0.4, -0.2) is 24.9 Å². The van der Waals surface area contributed by atoms with Crippen LogP contribution in [0.3, 0.4) is 0 Å². The van der Waals surface area contributed by atoms with Gasteiger partial charge in [-0.05, 0) is 24.6 Å². The van der Waals surface area contributed by atoms with Crippen molar-refractivity contribution < 1.29 is 14.3 Å². The van der Waals surface area contributed by atoms with Crippen molar-refractivity contribution in [3.63, 3.8) is 0 Å². The van der Waals surface area contributed by atoms with E-state index in [0.717, 1.165) is 17.9 Å². The molecule has 0 aliphatic carbocycles. The zero-order valence-corrected chi connectivity index (χ0v) is 11.4. The molecule has 18 heavy (non-hydrogen) atoms. The lowest BCUT2D eigenvalue weighted by Crippen LogP contribution is -2.12. The summed E-state index contributed by atoms with van der Waals surface area (Å²) < 4.78 is 10.6. The molecule has 0 saturated carbocycles. The highest BCUT2D eigenvalue weighted by Gasteiger charge is 2.19. The lowest BCUT2D eigenvalue weighted by molar-refractivity contribution is -0.132. The van der Waals surface area contributed by atoms with Crippen LogP contribution < -0.4 is 14.8 Å². The third-order valence-corrected chi connectivity index (χ3v) is 3.75. The van der Waals surface area contributed by atoms with Crippen molar-refractivity contribution in [3.8, 4) is 11.5 Å². The molecule has 0 aromatic heterocycles. The van der Waals surface area contributed by atoms with Gasteiger partial charge < -0.3 is 14.8 Å². The molecule has 1 aromatic rings. The SMILES string of the molecule is CCOc1cc(C2NCCS2)ccc1OC(C)=O. The largest absolute Gasteiger partial charge is 0.490 e. The second-order valence-electron chi connectivity index (χ2n) is 3.94. The Morgan fingerprint density at radius 3 is 2.94 bits per heavy atom. The van der Waals surface area contributed by atoms with Crippen molar-refractivity contribution in [2.45, 2.75) is 19.2 Å². The Kier molecular flexibility index (Phi) is 4.49. The second kappa shape index (κ2) is 6.11. The first-order chi connectivity index (χ1) is 8.70.